The maximum Gasteiger partial charge on any atom is 0.211 e. The summed E-state index contributed by atoms with van der Waals surface area (Å²) in [4.78, 5) is 12.8. The Kier molecular flexibility index (Phi) is 5.43. The van der Waals surface area contributed by atoms with Crippen LogP contribution in [-0.2, 0) is 26.4 Å². The number of nitrogens with zero attached hydrogens (tertiary/aromatic N) is 2. The van der Waals surface area contributed by atoms with E-state index in [-0.39, 0.29) is 39.1 Å². The molecule has 152 valence electrons. The van der Waals surface area contributed by atoms with Gasteiger partial charge in [0.25, 0.3) is 0 Å². The summed E-state index contributed by atoms with van der Waals surface area (Å²) in [6.07, 6.45) is 4.97. The highest BCUT2D eigenvalue weighted by Gasteiger charge is 2.35. The molecule has 0 saturated heterocycles. The van der Waals surface area contributed by atoms with Crippen molar-refractivity contribution in [2.24, 2.45) is 0 Å². The van der Waals surface area contributed by atoms with Gasteiger partial charge in [-0.2, -0.15) is 0 Å². The molecule has 0 amide bonds. The van der Waals surface area contributed by atoms with Gasteiger partial charge in [-0.3, -0.25) is 4.79 Å². The zero-order chi connectivity index (χ0) is 20.9. The number of sulfonamides is 1. The van der Waals surface area contributed by atoms with Gasteiger partial charge in [-0.05, 0) is 25.0 Å². The molecule has 1 aromatic heterocycles. The predicted octanol–water partition coefficient (Wildman–Crippen LogP) is 2.23. The minimum atomic E-state index is -3.91. The second-order valence-electron chi connectivity index (χ2n) is 6.90. The van der Waals surface area contributed by atoms with Crippen LogP contribution in [0.25, 0.3) is 0 Å². The number of ketones is 1. The van der Waals surface area contributed by atoms with Crippen LogP contribution in [0, 0.1) is 0 Å². The normalized spacial score (nSPS) is 15.2. The molecule has 0 spiro atoms. The molecule has 3 rings (SSSR count). The lowest BCUT2D eigenvalue weighted by Gasteiger charge is -2.19. The van der Waals surface area contributed by atoms with E-state index in [1.54, 1.807) is 0 Å². The average Bonchev–Trinajstić information content (AvgIpc) is 3.30. The molecule has 1 aliphatic carbocycles. The number of carbonyl (C=O) groups is 1. The van der Waals surface area contributed by atoms with Gasteiger partial charge in [-0.1, -0.05) is 16.8 Å². The third-order valence-electron chi connectivity index (χ3n) is 4.56. The van der Waals surface area contributed by atoms with E-state index < -0.39 is 25.6 Å². The van der Waals surface area contributed by atoms with Crippen LogP contribution in [0.5, 0.6) is 0 Å². The molecule has 0 aliphatic heterocycles. The van der Waals surface area contributed by atoms with Crippen molar-refractivity contribution >= 4 is 37.2 Å². The molecule has 1 fully saturated rings. The first-order chi connectivity index (χ1) is 12.9. The molecule has 0 N–H and O–H groups in total. The Morgan fingerprint density at radius 2 is 1.86 bits per heavy atom. The first-order valence-electron chi connectivity index (χ1n) is 8.33. The Hall–Kier alpha value is -1.75. The molecule has 0 unspecified atom stereocenters. The minimum Gasteiger partial charge on any atom is -0.360 e. The molecular weight excluding hydrogens is 428 g/mol. The van der Waals surface area contributed by atoms with Crippen LogP contribution < -0.4 is 0 Å². The van der Waals surface area contributed by atoms with E-state index in [0.717, 1.165) is 29.7 Å². The summed E-state index contributed by atoms with van der Waals surface area (Å²) in [7, 11) is -6.20. The zero-order valence-electron chi connectivity index (χ0n) is 15.5. The first-order valence-corrected chi connectivity index (χ1v) is 12.4. The van der Waals surface area contributed by atoms with E-state index >= 15 is 0 Å². The minimum absolute atomic E-state index is 0.0485. The van der Waals surface area contributed by atoms with E-state index in [1.165, 1.54) is 25.4 Å². The highest BCUT2D eigenvalue weighted by Crippen LogP contribution is 2.42. The van der Waals surface area contributed by atoms with Crippen molar-refractivity contribution in [1.82, 2.24) is 9.46 Å². The summed E-state index contributed by atoms with van der Waals surface area (Å²) < 4.78 is 54.8. The molecule has 28 heavy (non-hydrogen) atoms. The van der Waals surface area contributed by atoms with Crippen molar-refractivity contribution in [3.63, 3.8) is 0 Å². The van der Waals surface area contributed by atoms with Crippen LogP contribution in [-0.4, -0.2) is 51.6 Å². The number of rotatable bonds is 7. The van der Waals surface area contributed by atoms with Crippen molar-refractivity contribution in [2.75, 3.05) is 19.6 Å². The Balaban J connectivity index is 2.18. The predicted molar refractivity (Wildman–Crippen MR) is 103 cm³/mol. The summed E-state index contributed by atoms with van der Waals surface area (Å²) in [6.45, 7) is -0.291. The smallest absolute Gasteiger partial charge is 0.211 e. The maximum atomic E-state index is 13.1. The average molecular weight is 447 g/mol. The van der Waals surface area contributed by atoms with Gasteiger partial charge < -0.3 is 4.52 Å². The molecule has 1 aliphatic rings. The van der Waals surface area contributed by atoms with Gasteiger partial charge in [0.15, 0.2) is 21.4 Å². The molecule has 1 saturated carbocycles. The molecule has 0 radical (unpaired) electrons. The van der Waals surface area contributed by atoms with Gasteiger partial charge in [0.2, 0.25) is 10.0 Å². The molecule has 2 aromatic rings. The number of hydrogen-bond donors (Lipinski definition) is 0. The molecular formula is C17H19ClN2O6S2. The van der Waals surface area contributed by atoms with Crippen LogP contribution >= 0.6 is 11.6 Å². The van der Waals surface area contributed by atoms with Gasteiger partial charge in [-0.25, -0.2) is 21.1 Å². The number of aromatic nitrogens is 1. The quantitative estimate of drug-likeness (QED) is 0.599. The lowest BCUT2D eigenvalue weighted by atomic mass is 10.0. The fourth-order valence-corrected chi connectivity index (χ4v) is 4.72. The van der Waals surface area contributed by atoms with Crippen LogP contribution in [0.2, 0.25) is 5.02 Å². The van der Waals surface area contributed by atoms with E-state index in [9.17, 15) is 21.6 Å². The van der Waals surface area contributed by atoms with Crippen molar-refractivity contribution in [3.8, 4) is 0 Å². The van der Waals surface area contributed by atoms with Crippen LogP contribution in [0.1, 0.15) is 46.0 Å². The molecule has 1 aromatic carbocycles. The lowest BCUT2D eigenvalue weighted by Crippen LogP contribution is -2.26. The Morgan fingerprint density at radius 1 is 1.21 bits per heavy atom. The summed E-state index contributed by atoms with van der Waals surface area (Å²) in [5, 5.41) is 3.74. The lowest BCUT2D eigenvalue weighted by molar-refractivity contribution is 0.103. The molecule has 8 nitrogen and oxygen atoms in total. The summed E-state index contributed by atoms with van der Waals surface area (Å²) in [5.41, 5.74) is 0.165. The maximum absolute atomic E-state index is 13.1. The Bertz CT molecular complexity index is 1150. The van der Waals surface area contributed by atoms with Crippen LogP contribution in [0.15, 0.2) is 27.7 Å². The molecule has 0 bridgehead atoms. The van der Waals surface area contributed by atoms with Gasteiger partial charge in [0.1, 0.15) is 0 Å². The molecule has 0 atom stereocenters. The summed E-state index contributed by atoms with van der Waals surface area (Å²) >= 11 is 6.19. The number of carbonyl (C=O) groups excluding carboxylic acids is 1. The van der Waals surface area contributed by atoms with E-state index in [1.807, 2.05) is 0 Å². The van der Waals surface area contributed by atoms with Crippen molar-refractivity contribution < 1.29 is 26.2 Å². The highest BCUT2D eigenvalue weighted by atomic mass is 35.5. The van der Waals surface area contributed by atoms with E-state index in [2.05, 4.69) is 5.16 Å². The number of halogens is 1. The SMILES string of the molecule is CN(Cc1c(Cl)ccc(C(=O)c2cnoc2C2CC2)c1S(C)(=O)=O)S(C)(=O)=O. The Morgan fingerprint density at radius 3 is 2.39 bits per heavy atom. The van der Waals surface area contributed by atoms with Crippen LogP contribution in [0.3, 0.4) is 0 Å². The Labute approximate surface area is 168 Å². The topological polar surface area (TPSA) is 115 Å². The second kappa shape index (κ2) is 7.25. The summed E-state index contributed by atoms with van der Waals surface area (Å²) in [5.74, 6) is -0.0102. The largest absolute Gasteiger partial charge is 0.360 e. The molecule has 1 heterocycles. The van der Waals surface area contributed by atoms with E-state index in [0.29, 0.717) is 5.76 Å². The van der Waals surface area contributed by atoms with Crippen molar-refractivity contribution in [3.05, 3.63) is 45.8 Å². The van der Waals surface area contributed by atoms with Crippen LogP contribution in [0.4, 0.5) is 0 Å². The number of benzene rings is 1. The second-order valence-corrected chi connectivity index (χ2v) is 11.4. The van der Waals surface area contributed by atoms with E-state index in [4.69, 9.17) is 16.1 Å². The van der Waals surface area contributed by atoms with Gasteiger partial charge in [-0.15, -0.1) is 0 Å². The van der Waals surface area contributed by atoms with Gasteiger partial charge >= 0.3 is 0 Å². The zero-order valence-corrected chi connectivity index (χ0v) is 17.9. The third-order valence-corrected chi connectivity index (χ3v) is 7.38. The summed E-state index contributed by atoms with van der Waals surface area (Å²) in [6, 6.07) is 2.72. The monoisotopic (exact) mass is 446 g/mol. The first kappa shape index (κ1) is 21.0. The fourth-order valence-electron chi connectivity index (χ4n) is 2.90. The van der Waals surface area contributed by atoms with Crippen molar-refractivity contribution in [2.45, 2.75) is 30.2 Å². The standard InChI is InChI=1S/C17H19ClN2O6S2/c1-20(28(3,24)25)9-13-14(18)7-6-11(17(13)27(2,22)23)15(21)12-8-19-26-16(12)10-4-5-10/h6-8,10H,4-5,9H2,1-3H3. The number of sulfone groups is 1. The van der Waals surface area contributed by atoms with Crippen molar-refractivity contribution in [1.29, 1.82) is 0 Å². The molecule has 11 heteroatoms. The fraction of sp³-hybridized carbons (Fsp3) is 0.412. The van der Waals surface area contributed by atoms with Gasteiger partial charge in [0.05, 0.1) is 22.9 Å². The third kappa shape index (κ3) is 4.14. The van der Waals surface area contributed by atoms with Gasteiger partial charge in [0, 0.05) is 41.9 Å². The highest BCUT2D eigenvalue weighted by molar-refractivity contribution is 7.91. The number of hydrogen-bond acceptors (Lipinski definition) is 7.